The van der Waals surface area contributed by atoms with Crippen molar-refractivity contribution in [2.45, 2.75) is 101 Å². The highest BCUT2D eigenvalue weighted by molar-refractivity contribution is 5.63. The molecule has 0 aromatic heterocycles. The molecule has 0 radical (unpaired) electrons. The van der Waals surface area contributed by atoms with Crippen LogP contribution in [0.5, 0.6) is 0 Å². The zero-order valence-electron chi connectivity index (χ0n) is 24.2. The minimum atomic E-state index is -0.974. The first-order valence-electron chi connectivity index (χ1n) is 14.3. The number of rotatable bonds is 10. The molecule has 0 bridgehead atoms. The minimum Gasteiger partial charge on any atom is -0.424 e. The first-order chi connectivity index (χ1) is 20.3. The molecule has 0 N–H and O–H groups in total. The molecule has 0 saturated carbocycles. The molecule has 42 heavy (non-hydrogen) atoms. The quantitative estimate of drug-likeness (QED) is 0.380. The Bertz CT molecular complexity index is 1180. The smallest absolute Gasteiger partial charge is 0.424 e. The Morgan fingerprint density at radius 2 is 1.40 bits per heavy atom. The lowest BCUT2D eigenvalue weighted by molar-refractivity contribution is -0.342. The highest BCUT2D eigenvalue weighted by Crippen LogP contribution is 2.41. The third-order valence-electron chi connectivity index (χ3n) is 7.83. The normalized spacial score (nSPS) is 37.0. The number of ether oxygens (including phenoxy) is 10. The van der Waals surface area contributed by atoms with Crippen molar-refractivity contribution in [1.82, 2.24) is 0 Å². The van der Waals surface area contributed by atoms with Gasteiger partial charge >= 0.3 is 6.16 Å². The summed E-state index contributed by atoms with van der Waals surface area (Å²) in [5, 5.41) is 0. The fourth-order valence-electron chi connectivity index (χ4n) is 5.91. The van der Waals surface area contributed by atoms with E-state index in [2.05, 4.69) is 0 Å². The summed E-state index contributed by atoms with van der Waals surface area (Å²) in [6.45, 7) is 6.30. The maximum atomic E-state index is 12.4. The number of fused-ring (bicyclic) bond motifs is 2. The van der Waals surface area contributed by atoms with Gasteiger partial charge < -0.3 is 47.4 Å². The van der Waals surface area contributed by atoms with Gasteiger partial charge in [0.15, 0.2) is 30.6 Å². The molecular formula is C31H38O11. The Morgan fingerprint density at radius 3 is 2.10 bits per heavy atom. The van der Waals surface area contributed by atoms with Gasteiger partial charge in [-0.2, -0.15) is 0 Å². The number of carbonyl (C=O) groups excluding carboxylic acids is 1. The number of carbonyl (C=O) groups is 1. The third-order valence-corrected chi connectivity index (χ3v) is 7.83. The second kappa shape index (κ2) is 12.6. The largest absolute Gasteiger partial charge is 0.509 e. The second-order valence-corrected chi connectivity index (χ2v) is 11.3. The van der Waals surface area contributed by atoms with Crippen molar-refractivity contribution in [3.8, 4) is 0 Å². The lowest BCUT2D eigenvalue weighted by atomic mass is 9.97. The van der Waals surface area contributed by atoms with Crippen LogP contribution in [0.25, 0.3) is 0 Å². The van der Waals surface area contributed by atoms with Crippen LogP contribution in [0, 0.1) is 0 Å². The molecule has 6 rings (SSSR count). The van der Waals surface area contributed by atoms with E-state index in [9.17, 15) is 4.79 Å². The summed E-state index contributed by atoms with van der Waals surface area (Å²) in [7, 11) is 1.57. The first-order valence-corrected chi connectivity index (χ1v) is 14.3. The summed E-state index contributed by atoms with van der Waals surface area (Å²) in [6, 6.07) is 19.5. The summed E-state index contributed by atoms with van der Waals surface area (Å²) >= 11 is 0. The van der Waals surface area contributed by atoms with Crippen molar-refractivity contribution in [1.29, 1.82) is 0 Å². The van der Waals surface area contributed by atoms with E-state index in [-0.39, 0.29) is 13.2 Å². The average molecular weight is 587 g/mol. The molecule has 4 fully saturated rings. The van der Waals surface area contributed by atoms with Crippen molar-refractivity contribution < 1.29 is 52.2 Å². The van der Waals surface area contributed by atoms with Crippen molar-refractivity contribution in [2.24, 2.45) is 0 Å². The molecule has 4 saturated heterocycles. The van der Waals surface area contributed by atoms with Crippen molar-refractivity contribution in [3.63, 3.8) is 0 Å². The van der Waals surface area contributed by atoms with Gasteiger partial charge in [0.25, 0.3) is 0 Å². The van der Waals surface area contributed by atoms with Crippen LogP contribution in [0.2, 0.25) is 0 Å². The first kappa shape index (κ1) is 29.5. The molecule has 2 aromatic rings. The molecule has 10 atom stereocenters. The molecule has 11 heteroatoms. The molecule has 2 aromatic carbocycles. The highest BCUT2D eigenvalue weighted by Gasteiger charge is 2.59. The Balaban J connectivity index is 1.24. The van der Waals surface area contributed by atoms with Crippen LogP contribution in [0.15, 0.2) is 60.7 Å². The van der Waals surface area contributed by atoms with E-state index in [4.69, 9.17) is 47.4 Å². The third kappa shape index (κ3) is 6.34. The zero-order valence-corrected chi connectivity index (χ0v) is 24.2. The van der Waals surface area contributed by atoms with E-state index in [0.717, 1.165) is 11.1 Å². The fourth-order valence-corrected chi connectivity index (χ4v) is 5.91. The standard InChI is InChI=1S/C31H38O11/c1-18-22(25-27(28(33-4)36-18)42-31(2,3)41-25)38-29-26(35-16-20-13-9-6-10-14-20)24-23(39-30(32)40-24)21(37-29)17-34-15-19-11-7-5-8-12-19/h5-14,18,21-29H,15-17H2,1-4H3/t18-,21+,22-,23+,24-,25+,26+,27+,28+,29+/m0/s1. The van der Waals surface area contributed by atoms with Crippen LogP contribution in [-0.4, -0.2) is 87.1 Å². The SMILES string of the molecule is CO[C@@H]1O[C@@H](C)[C@H](O[C@H]2O[C@H](COCc3ccccc3)[C@H]3OC(=O)O[C@@H]3[C@H]2OCc2ccccc2)[C@H]2OC(C)(C)O[C@@H]12. The van der Waals surface area contributed by atoms with Gasteiger partial charge in [0.05, 0.1) is 25.9 Å². The van der Waals surface area contributed by atoms with E-state index in [1.54, 1.807) is 7.11 Å². The lowest BCUT2D eigenvalue weighted by Gasteiger charge is -2.45. The predicted molar refractivity (Wildman–Crippen MR) is 145 cm³/mol. The van der Waals surface area contributed by atoms with E-state index >= 15 is 0 Å². The van der Waals surface area contributed by atoms with Crippen LogP contribution in [-0.2, 0) is 60.6 Å². The maximum Gasteiger partial charge on any atom is 0.509 e. The second-order valence-electron chi connectivity index (χ2n) is 11.3. The molecule has 0 amide bonds. The van der Waals surface area contributed by atoms with Gasteiger partial charge in [0.1, 0.15) is 30.5 Å². The molecule has 228 valence electrons. The summed E-state index contributed by atoms with van der Waals surface area (Å²) in [5.41, 5.74) is 1.95. The topological polar surface area (TPSA) is 109 Å². The predicted octanol–water partition coefficient (Wildman–Crippen LogP) is 3.71. The summed E-state index contributed by atoms with van der Waals surface area (Å²) in [4.78, 5) is 12.4. The minimum absolute atomic E-state index is 0.138. The fraction of sp³-hybridized carbons (Fsp3) is 0.581. The molecule has 0 aliphatic carbocycles. The van der Waals surface area contributed by atoms with Gasteiger partial charge in [-0.1, -0.05) is 60.7 Å². The van der Waals surface area contributed by atoms with Crippen LogP contribution >= 0.6 is 0 Å². The Hall–Kier alpha value is -2.61. The summed E-state index contributed by atoms with van der Waals surface area (Å²) in [6.07, 6.45) is -7.51. The van der Waals surface area contributed by atoms with Crippen molar-refractivity contribution >= 4 is 6.16 Å². The van der Waals surface area contributed by atoms with Gasteiger partial charge in [-0.3, -0.25) is 0 Å². The summed E-state index contributed by atoms with van der Waals surface area (Å²) < 4.78 is 60.8. The van der Waals surface area contributed by atoms with Crippen LogP contribution in [0.3, 0.4) is 0 Å². The molecule has 4 aliphatic heterocycles. The van der Waals surface area contributed by atoms with Gasteiger partial charge in [-0.05, 0) is 31.9 Å². The maximum absolute atomic E-state index is 12.4. The number of methoxy groups -OCH3 is 1. The summed E-state index contributed by atoms with van der Waals surface area (Å²) in [5.74, 6) is -0.870. The van der Waals surface area contributed by atoms with Gasteiger partial charge in [-0.25, -0.2) is 4.79 Å². The Kier molecular flexibility index (Phi) is 8.80. The number of benzene rings is 2. The number of hydrogen-bond donors (Lipinski definition) is 0. The van der Waals surface area contributed by atoms with Gasteiger partial charge in [-0.15, -0.1) is 0 Å². The molecule has 0 unspecified atom stereocenters. The molecular weight excluding hydrogens is 548 g/mol. The van der Waals surface area contributed by atoms with Crippen molar-refractivity contribution in [3.05, 3.63) is 71.8 Å². The van der Waals surface area contributed by atoms with Crippen molar-refractivity contribution in [2.75, 3.05) is 13.7 Å². The average Bonchev–Trinajstić information content (AvgIpc) is 3.53. The van der Waals surface area contributed by atoms with Crippen LogP contribution < -0.4 is 0 Å². The zero-order chi connectivity index (χ0) is 29.3. The molecule has 11 nitrogen and oxygen atoms in total. The van der Waals surface area contributed by atoms with E-state index < -0.39 is 73.4 Å². The van der Waals surface area contributed by atoms with Gasteiger partial charge in [0, 0.05) is 7.11 Å². The van der Waals surface area contributed by atoms with Gasteiger partial charge in [0.2, 0.25) is 0 Å². The van der Waals surface area contributed by atoms with E-state index in [1.807, 2.05) is 81.4 Å². The molecule has 4 aliphatic rings. The monoisotopic (exact) mass is 586 g/mol. The van der Waals surface area contributed by atoms with E-state index in [1.165, 1.54) is 0 Å². The Morgan fingerprint density at radius 1 is 0.762 bits per heavy atom. The van der Waals surface area contributed by atoms with Crippen LogP contribution in [0.4, 0.5) is 4.79 Å². The Labute approximate surface area is 245 Å². The van der Waals surface area contributed by atoms with Crippen LogP contribution in [0.1, 0.15) is 31.9 Å². The lowest BCUT2D eigenvalue weighted by Crippen LogP contribution is -2.63. The molecule has 4 heterocycles. The number of hydrogen-bond acceptors (Lipinski definition) is 11. The highest BCUT2D eigenvalue weighted by atomic mass is 16.8. The van der Waals surface area contributed by atoms with E-state index in [0.29, 0.717) is 6.61 Å². The molecule has 0 spiro atoms.